The maximum Gasteiger partial charge on any atom is -0.00747 e. The molecule has 0 aromatic heterocycles. The van der Waals surface area contributed by atoms with E-state index in [0.717, 1.165) is 18.4 Å². The monoisotopic (exact) mass is 193 g/mol. The lowest BCUT2D eigenvalue weighted by Crippen LogP contribution is -2.05. The van der Waals surface area contributed by atoms with Crippen LogP contribution in [0.25, 0.3) is 0 Å². The highest BCUT2D eigenvalue weighted by atomic mass is 35.5. The van der Waals surface area contributed by atoms with Gasteiger partial charge in [-0.05, 0) is 24.8 Å². The average molecular weight is 194 g/mol. The van der Waals surface area contributed by atoms with E-state index < -0.39 is 0 Å². The minimum atomic E-state index is 0. The van der Waals surface area contributed by atoms with E-state index in [4.69, 9.17) is 5.73 Å². The van der Waals surface area contributed by atoms with Gasteiger partial charge in [-0.3, -0.25) is 0 Å². The predicted molar refractivity (Wildman–Crippen MR) is 58.8 cm³/mol. The molecule has 0 saturated heterocycles. The second kappa shape index (κ2) is 9.34. The molecule has 0 rings (SSSR count). The Morgan fingerprint density at radius 1 is 1.00 bits per heavy atom. The summed E-state index contributed by atoms with van der Waals surface area (Å²) in [4.78, 5) is 0. The molecule has 2 heteroatoms. The van der Waals surface area contributed by atoms with E-state index in [1.165, 1.54) is 25.7 Å². The van der Waals surface area contributed by atoms with Gasteiger partial charge in [0.05, 0.1) is 0 Å². The third-order valence-electron chi connectivity index (χ3n) is 2.14. The number of rotatable bonds is 6. The van der Waals surface area contributed by atoms with Crippen LogP contribution in [0.1, 0.15) is 46.5 Å². The highest BCUT2D eigenvalue weighted by molar-refractivity contribution is 5.85. The SMILES string of the molecule is CC(C)CCCC(C)CCN.Cl. The van der Waals surface area contributed by atoms with Gasteiger partial charge in [0.25, 0.3) is 0 Å². The molecule has 0 amide bonds. The first kappa shape index (κ1) is 14.8. The van der Waals surface area contributed by atoms with Crippen LogP contribution >= 0.6 is 12.4 Å². The molecule has 0 radical (unpaired) electrons. The Morgan fingerprint density at radius 3 is 2.00 bits per heavy atom. The second-order valence-electron chi connectivity index (χ2n) is 4.01. The van der Waals surface area contributed by atoms with Crippen LogP contribution < -0.4 is 5.73 Å². The number of nitrogens with two attached hydrogens (primary N) is 1. The van der Waals surface area contributed by atoms with Crippen molar-refractivity contribution in [1.29, 1.82) is 0 Å². The lowest BCUT2D eigenvalue weighted by Gasteiger charge is -2.10. The van der Waals surface area contributed by atoms with Crippen LogP contribution in [-0.2, 0) is 0 Å². The predicted octanol–water partition coefficient (Wildman–Crippen LogP) is 3.22. The fourth-order valence-electron chi connectivity index (χ4n) is 1.30. The number of hydrogen-bond donors (Lipinski definition) is 1. The summed E-state index contributed by atoms with van der Waals surface area (Å²) < 4.78 is 0. The molecular weight excluding hydrogens is 170 g/mol. The maximum atomic E-state index is 5.46. The first-order chi connectivity index (χ1) is 5.16. The summed E-state index contributed by atoms with van der Waals surface area (Å²) in [6, 6.07) is 0. The maximum absolute atomic E-state index is 5.46. The molecule has 1 atom stereocenters. The molecule has 0 heterocycles. The summed E-state index contributed by atoms with van der Waals surface area (Å²) >= 11 is 0. The third kappa shape index (κ3) is 10.2. The fraction of sp³-hybridized carbons (Fsp3) is 1.00. The zero-order valence-electron chi connectivity index (χ0n) is 8.68. The summed E-state index contributed by atoms with van der Waals surface area (Å²) in [5.41, 5.74) is 5.46. The van der Waals surface area contributed by atoms with Crippen molar-refractivity contribution >= 4 is 12.4 Å². The van der Waals surface area contributed by atoms with Crippen LogP contribution in [0.15, 0.2) is 0 Å². The van der Waals surface area contributed by atoms with Gasteiger partial charge in [0.1, 0.15) is 0 Å². The van der Waals surface area contributed by atoms with E-state index in [2.05, 4.69) is 20.8 Å². The van der Waals surface area contributed by atoms with E-state index >= 15 is 0 Å². The van der Waals surface area contributed by atoms with Gasteiger partial charge < -0.3 is 5.73 Å². The standard InChI is InChI=1S/C10H23N.ClH/c1-9(2)5-4-6-10(3)7-8-11;/h9-10H,4-8,11H2,1-3H3;1H. The number of hydrogen-bond acceptors (Lipinski definition) is 1. The quantitative estimate of drug-likeness (QED) is 0.689. The van der Waals surface area contributed by atoms with Gasteiger partial charge in [0.15, 0.2) is 0 Å². The lowest BCUT2D eigenvalue weighted by atomic mass is 9.97. The van der Waals surface area contributed by atoms with Crippen molar-refractivity contribution in [3.8, 4) is 0 Å². The molecule has 76 valence electrons. The van der Waals surface area contributed by atoms with Gasteiger partial charge in [-0.1, -0.05) is 40.0 Å². The van der Waals surface area contributed by atoms with Crippen molar-refractivity contribution in [2.45, 2.75) is 46.5 Å². The first-order valence-corrected chi connectivity index (χ1v) is 4.87. The molecule has 0 saturated carbocycles. The van der Waals surface area contributed by atoms with Crippen LogP contribution in [-0.4, -0.2) is 6.54 Å². The van der Waals surface area contributed by atoms with Gasteiger partial charge in [0, 0.05) is 0 Å². The highest BCUT2D eigenvalue weighted by Gasteiger charge is 2.00. The van der Waals surface area contributed by atoms with Crippen LogP contribution in [0.2, 0.25) is 0 Å². The molecule has 1 unspecified atom stereocenters. The van der Waals surface area contributed by atoms with Crippen LogP contribution in [0, 0.1) is 11.8 Å². The molecule has 0 aromatic rings. The second-order valence-corrected chi connectivity index (χ2v) is 4.01. The smallest absolute Gasteiger partial charge is 0.00747 e. The molecule has 0 aliphatic rings. The largest absolute Gasteiger partial charge is 0.330 e. The van der Waals surface area contributed by atoms with Crippen molar-refractivity contribution in [3.63, 3.8) is 0 Å². The summed E-state index contributed by atoms with van der Waals surface area (Å²) in [5.74, 6) is 1.69. The molecule has 0 spiro atoms. The molecule has 1 nitrogen and oxygen atoms in total. The van der Waals surface area contributed by atoms with Gasteiger partial charge in [-0.25, -0.2) is 0 Å². The van der Waals surface area contributed by atoms with Gasteiger partial charge in [-0.2, -0.15) is 0 Å². The van der Waals surface area contributed by atoms with Gasteiger partial charge in [0.2, 0.25) is 0 Å². The normalized spacial score (nSPS) is 12.8. The average Bonchev–Trinajstić information content (AvgIpc) is 1.87. The van der Waals surface area contributed by atoms with Crippen molar-refractivity contribution in [1.82, 2.24) is 0 Å². The highest BCUT2D eigenvalue weighted by Crippen LogP contribution is 2.13. The molecule has 0 fully saturated rings. The van der Waals surface area contributed by atoms with E-state index in [0.29, 0.717) is 0 Å². The third-order valence-corrected chi connectivity index (χ3v) is 2.14. The lowest BCUT2D eigenvalue weighted by molar-refractivity contribution is 0.441. The molecule has 0 aliphatic carbocycles. The topological polar surface area (TPSA) is 26.0 Å². The summed E-state index contributed by atoms with van der Waals surface area (Å²) in [6.07, 6.45) is 5.29. The fourth-order valence-corrected chi connectivity index (χ4v) is 1.30. The van der Waals surface area contributed by atoms with Crippen molar-refractivity contribution in [2.24, 2.45) is 17.6 Å². The molecule has 0 aromatic carbocycles. The van der Waals surface area contributed by atoms with E-state index in [1.54, 1.807) is 0 Å². The van der Waals surface area contributed by atoms with Crippen LogP contribution in [0.5, 0.6) is 0 Å². The Balaban J connectivity index is 0. The molecule has 0 aliphatic heterocycles. The summed E-state index contributed by atoms with van der Waals surface area (Å²) in [7, 11) is 0. The molecule has 2 N–H and O–H groups in total. The first-order valence-electron chi connectivity index (χ1n) is 4.87. The van der Waals surface area contributed by atoms with Crippen molar-refractivity contribution in [2.75, 3.05) is 6.54 Å². The van der Waals surface area contributed by atoms with E-state index in [9.17, 15) is 0 Å². The summed E-state index contributed by atoms with van der Waals surface area (Å²) in [5, 5.41) is 0. The Morgan fingerprint density at radius 2 is 1.58 bits per heavy atom. The van der Waals surface area contributed by atoms with Crippen molar-refractivity contribution in [3.05, 3.63) is 0 Å². The zero-order chi connectivity index (χ0) is 8.69. The van der Waals surface area contributed by atoms with E-state index in [-0.39, 0.29) is 12.4 Å². The molecule has 12 heavy (non-hydrogen) atoms. The van der Waals surface area contributed by atoms with Gasteiger partial charge in [-0.15, -0.1) is 12.4 Å². The van der Waals surface area contributed by atoms with Crippen LogP contribution in [0.4, 0.5) is 0 Å². The van der Waals surface area contributed by atoms with E-state index in [1.807, 2.05) is 0 Å². The minimum Gasteiger partial charge on any atom is -0.330 e. The van der Waals surface area contributed by atoms with Crippen LogP contribution in [0.3, 0.4) is 0 Å². The summed E-state index contributed by atoms with van der Waals surface area (Å²) in [6.45, 7) is 7.72. The Bertz CT molecular complexity index is 83.9. The Kier molecular flexibility index (Phi) is 11.5. The molecule has 0 bridgehead atoms. The van der Waals surface area contributed by atoms with Gasteiger partial charge >= 0.3 is 0 Å². The molecular formula is C10H24ClN. The van der Waals surface area contributed by atoms with Crippen molar-refractivity contribution < 1.29 is 0 Å². The Hall–Kier alpha value is 0.250. The number of halogens is 1. The minimum absolute atomic E-state index is 0. The Labute approximate surface area is 83.5 Å². The zero-order valence-corrected chi connectivity index (χ0v) is 9.49.